The summed E-state index contributed by atoms with van der Waals surface area (Å²) in [5, 5.41) is 4.48. The van der Waals surface area contributed by atoms with Crippen molar-refractivity contribution >= 4 is 11.6 Å². The summed E-state index contributed by atoms with van der Waals surface area (Å²) >= 11 is 6.52. The molecule has 144 valence electrons. The van der Waals surface area contributed by atoms with Crippen LogP contribution in [0.15, 0.2) is 48.7 Å². The molecule has 0 aliphatic carbocycles. The van der Waals surface area contributed by atoms with Crippen LogP contribution >= 0.6 is 11.6 Å². The molecule has 28 heavy (non-hydrogen) atoms. The van der Waals surface area contributed by atoms with Gasteiger partial charge in [0, 0.05) is 46.6 Å². The minimum absolute atomic E-state index is 0.0233. The molecule has 0 fully saturated rings. The highest BCUT2D eigenvalue weighted by Gasteiger charge is 2.29. The van der Waals surface area contributed by atoms with Crippen LogP contribution in [-0.2, 0) is 13.0 Å². The fraction of sp³-hybridized carbons (Fsp3) is 0.304. The molecule has 0 spiro atoms. The Morgan fingerprint density at radius 3 is 3.00 bits per heavy atom. The Labute approximate surface area is 170 Å². The Bertz CT molecular complexity index is 1040. The van der Waals surface area contributed by atoms with Crippen LogP contribution in [0.2, 0.25) is 5.02 Å². The van der Waals surface area contributed by atoms with E-state index < -0.39 is 0 Å². The summed E-state index contributed by atoms with van der Waals surface area (Å²) in [6.45, 7) is 5.44. The number of hydrogen-bond donors (Lipinski definition) is 1. The average molecular weight is 395 g/mol. The van der Waals surface area contributed by atoms with Gasteiger partial charge in [-0.15, -0.1) is 0 Å². The predicted molar refractivity (Wildman–Crippen MR) is 111 cm³/mol. The summed E-state index contributed by atoms with van der Waals surface area (Å²) < 4.78 is 14.3. The lowest BCUT2D eigenvalue weighted by Gasteiger charge is -2.22. The molecule has 0 saturated carbocycles. The van der Waals surface area contributed by atoms with Crippen LogP contribution in [0.3, 0.4) is 0 Å². The quantitative estimate of drug-likeness (QED) is 0.675. The molecule has 3 aromatic rings. The number of ether oxygens (including phenoxy) is 2. The SMILES string of the molecule is CCOc1cc2c(cc1C1NCc3c(Cl)cccc3-n3cccc31)OC(C)C2. The van der Waals surface area contributed by atoms with Gasteiger partial charge in [0.2, 0.25) is 0 Å². The van der Waals surface area contributed by atoms with E-state index in [0.717, 1.165) is 45.5 Å². The van der Waals surface area contributed by atoms with Gasteiger partial charge in [-0.1, -0.05) is 17.7 Å². The van der Waals surface area contributed by atoms with Crippen LogP contribution in [0.25, 0.3) is 5.69 Å². The van der Waals surface area contributed by atoms with Crippen LogP contribution in [0.5, 0.6) is 11.5 Å². The molecule has 0 radical (unpaired) electrons. The normalized spacial score (nSPS) is 20.0. The zero-order valence-electron chi connectivity index (χ0n) is 16.0. The predicted octanol–water partition coefficient (Wildman–Crippen LogP) is 5.05. The summed E-state index contributed by atoms with van der Waals surface area (Å²) in [4.78, 5) is 0. The van der Waals surface area contributed by atoms with E-state index in [1.54, 1.807) is 0 Å². The summed E-state index contributed by atoms with van der Waals surface area (Å²) in [5.74, 6) is 1.88. The van der Waals surface area contributed by atoms with Gasteiger partial charge in [-0.3, -0.25) is 0 Å². The van der Waals surface area contributed by atoms with Crippen LogP contribution in [0.4, 0.5) is 0 Å². The maximum Gasteiger partial charge on any atom is 0.125 e. The van der Waals surface area contributed by atoms with Crippen molar-refractivity contribution in [2.45, 2.75) is 39.0 Å². The van der Waals surface area contributed by atoms with Gasteiger partial charge >= 0.3 is 0 Å². The largest absolute Gasteiger partial charge is 0.494 e. The van der Waals surface area contributed by atoms with E-state index in [0.29, 0.717) is 13.2 Å². The van der Waals surface area contributed by atoms with E-state index in [9.17, 15) is 0 Å². The van der Waals surface area contributed by atoms with Gasteiger partial charge in [-0.25, -0.2) is 0 Å². The molecule has 0 amide bonds. The minimum Gasteiger partial charge on any atom is -0.494 e. The van der Waals surface area contributed by atoms with Crippen LogP contribution < -0.4 is 14.8 Å². The van der Waals surface area contributed by atoms with Crippen molar-refractivity contribution in [3.05, 3.63) is 76.1 Å². The molecular weight excluding hydrogens is 372 g/mol. The van der Waals surface area contributed by atoms with Crippen molar-refractivity contribution in [2.24, 2.45) is 0 Å². The lowest BCUT2D eigenvalue weighted by atomic mass is 9.99. The van der Waals surface area contributed by atoms with E-state index in [2.05, 4.69) is 53.3 Å². The first-order valence-electron chi connectivity index (χ1n) is 9.80. The fourth-order valence-electron chi connectivity index (χ4n) is 4.34. The van der Waals surface area contributed by atoms with E-state index in [4.69, 9.17) is 21.1 Å². The van der Waals surface area contributed by atoms with Gasteiger partial charge in [0.25, 0.3) is 0 Å². The monoisotopic (exact) mass is 394 g/mol. The molecule has 5 heteroatoms. The highest BCUT2D eigenvalue weighted by molar-refractivity contribution is 6.31. The van der Waals surface area contributed by atoms with Gasteiger partial charge in [0.15, 0.2) is 0 Å². The molecule has 3 heterocycles. The van der Waals surface area contributed by atoms with Crippen molar-refractivity contribution < 1.29 is 9.47 Å². The second-order valence-corrected chi connectivity index (χ2v) is 7.83. The molecule has 2 atom stereocenters. The zero-order chi connectivity index (χ0) is 19.3. The Kier molecular flexibility index (Phi) is 4.33. The molecular formula is C23H23ClN2O2. The van der Waals surface area contributed by atoms with Crippen LogP contribution in [0.1, 0.15) is 42.3 Å². The standard InChI is InChI=1S/C23H23ClN2O2/c1-3-27-22-11-15-10-14(2)28-21(15)12-16(22)23-20-8-5-9-26(20)19-7-4-6-18(24)17(19)13-25-23/h4-9,11-12,14,23,25H,3,10,13H2,1-2H3. The van der Waals surface area contributed by atoms with Gasteiger partial charge in [0.05, 0.1) is 18.3 Å². The Balaban J connectivity index is 1.66. The molecule has 2 aliphatic rings. The van der Waals surface area contributed by atoms with Crippen LogP contribution in [0, 0.1) is 0 Å². The number of aromatic nitrogens is 1. The number of halogens is 1. The first-order chi connectivity index (χ1) is 13.7. The van der Waals surface area contributed by atoms with E-state index >= 15 is 0 Å². The smallest absolute Gasteiger partial charge is 0.125 e. The fourth-order valence-corrected chi connectivity index (χ4v) is 4.57. The molecule has 1 aromatic heterocycles. The number of hydrogen-bond acceptors (Lipinski definition) is 3. The summed E-state index contributed by atoms with van der Waals surface area (Å²) in [6, 6.07) is 14.6. The van der Waals surface area contributed by atoms with Gasteiger partial charge in [0.1, 0.15) is 17.6 Å². The molecule has 5 rings (SSSR count). The van der Waals surface area contributed by atoms with E-state index in [1.807, 2.05) is 19.1 Å². The van der Waals surface area contributed by atoms with Gasteiger partial charge in [-0.05, 0) is 50.2 Å². The molecule has 2 aromatic carbocycles. The first kappa shape index (κ1) is 17.7. The van der Waals surface area contributed by atoms with Crippen molar-refractivity contribution in [3.63, 3.8) is 0 Å². The highest BCUT2D eigenvalue weighted by Crippen LogP contribution is 2.41. The minimum atomic E-state index is -0.0233. The van der Waals surface area contributed by atoms with Crippen molar-refractivity contribution in [1.82, 2.24) is 9.88 Å². The maximum atomic E-state index is 6.52. The van der Waals surface area contributed by atoms with E-state index in [1.165, 1.54) is 5.56 Å². The third kappa shape index (κ3) is 2.79. The van der Waals surface area contributed by atoms with Gasteiger partial charge in [-0.2, -0.15) is 0 Å². The number of nitrogens with zero attached hydrogens (tertiary/aromatic N) is 1. The van der Waals surface area contributed by atoms with Crippen molar-refractivity contribution in [1.29, 1.82) is 0 Å². The molecule has 2 aliphatic heterocycles. The Hall–Kier alpha value is -2.43. The number of rotatable bonds is 3. The lowest BCUT2D eigenvalue weighted by molar-refractivity contribution is 0.254. The molecule has 0 bridgehead atoms. The van der Waals surface area contributed by atoms with E-state index in [-0.39, 0.29) is 12.1 Å². The second-order valence-electron chi connectivity index (χ2n) is 7.42. The Morgan fingerprint density at radius 2 is 2.14 bits per heavy atom. The highest BCUT2D eigenvalue weighted by atomic mass is 35.5. The topological polar surface area (TPSA) is 35.4 Å². The Morgan fingerprint density at radius 1 is 1.25 bits per heavy atom. The second kappa shape index (κ2) is 6.87. The average Bonchev–Trinajstić information content (AvgIpc) is 3.25. The summed E-state index contributed by atoms with van der Waals surface area (Å²) in [7, 11) is 0. The number of benzene rings is 2. The zero-order valence-corrected chi connectivity index (χ0v) is 16.8. The molecule has 4 nitrogen and oxygen atoms in total. The molecule has 1 N–H and O–H groups in total. The summed E-state index contributed by atoms with van der Waals surface area (Å²) in [6.07, 6.45) is 3.22. The molecule has 0 saturated heterocycles. The van der Waals surface area contributed by atoms with Crippen molar-refractivity contribution in [2.75, 3.05) is 6.61 Å². The third-order valence-corrected chi connectivity index (χ3v) is 5.91. The molecule has 2 unspecified atom stereocenters. The number of nitrogens with one attached hydrogen (secondary N) is 1. The lowest BCUT2D eigenvalue weighted by Crippen LogP contribution is -2.22. The van der Waals surface area contributed by atoms with Crippen molar-refractivity contribution in [3.8, 4) is 17.2 Å². The van der Waals surface area contributed by atoms with Gasteiger partial charge < -0.3 is 19.4 Å². The number of fused-ring (bicyclic) bond motifs is 4. The summed E-state index contributed by atoms with van der Waals surface area (Å²) in [5.41, 5.74) is 5.70. The third-order valence-electron chi connectivity index (χ3n) is 5.55. The maximum absolute atomic E-state index is 6.52. The van der Waals surface area contributed by atoms with Crippen LogP contribution in [-0.4, -0.2) is 17.3 Å². The first-order valence-corrected chi connectivity index (χ1v) is 10.2.